The highest BCUT2D eigenvalue weighted by Gasteiger charge is 2.49. The molecular weight excluding hydrogens is 492 g/mol. The first kappa shape index (κ1) is 27.6. The van der Waals surface area contributed by atoms with Crippen molar-refractivity contribution in [2.75, 3.05) is 23.3 Å². The van der Waals surface area contributed by atoms with Crippen LogP contribution in [0.1, 0.15) is 48.2 Å². The molecule has 0 radical (unpaired) electrons. The summed E-state index contributed by atoms with van der Waals surface area (Å²) in [5, 5.41) is 5.78. The van der Waals surface area contributed by atoms with Crippen molar-refractivity contribution >= 4 is 35.0 Å². The second kappa shape index (κ2) is 11.9. The summed E-state index contributed by atoms with van der Waals surface area (Å²) in [6.45, 7) is 5.92. The molecular formula is C31H34N4O4. The summed E-state index contributed by atoms with van der Waals surface area (Å²) in [7, 11) is 0. The predicted octanol–water partition coefficient (Wildman–Crippen LogP) is 4.30. The van der Waals surface area contributed by atoms with Gasteiger partial charge in [0.15, 0.2) is 0 Å². The second-order valence-electron chi connectivity index (χ2n) is 9.94. The zero-order valence-corrected chi connectivity index (χ0v) is 22.6. The van der Waals surface area contributed by atoms with E-state index in [4.69, 9.17) is 0 Å². The Morgan fingerprint density at radius 2 is 1.46 bits per heavy atom. The Kier molecular flexibility index (Phi) is 8.44. The molecule has 2 N–H and O–H groups in total. The van der Waals surface area contributed by atoms with Crippen LogP contribution in [0.5, 0.6) is 0 Å². The Morgan fingerprint density at radius 1 is 0.846 bits per heavy atom. The van der Waals surface area contributed by atoms with Gasteiger partial charge in [-0.1, -0.05) is 48.0 Å². The van der Waals surface area contributed by atoms with Gasteiger partial charge in [-0.25, -0.2) is 0 Å². The van der Waals surface area contributed by atoms with E-state index in [1.807, 2.05) is 61.5 Å². The molecule has 0 aromatic heterocycles. The number of nitrogens with one attached hydrogen (secondary N) is 2. The quantitative estimate of drug-likeness (QED) is 0.480. The SMILES string of the molecule is CC(=O)Nc1ccc(C(=O)N(c2ccc(C)cc2)C2(C(=O)NCc3ccccc3)CCN(C(C)=O)CC2)cc1. The summed E-state index contributed by atoms with van der Waals surface area (Å²) in [6.07, 6.45) is 0.577. The monoisotopic (exact) mass is 526 g/mol. The predicted molar refractivity (Wildman–Crippen MR) is 151 cm³/mol. The molecule has 0 saturated carbocycles. The minimum absolute atomic E-state index is 0.0601. The molecule has 3 aromatic carbocycles. The molecule has 4 amide bonds. The summed E-state index contributed by atoms with van der Waals surface area (Å²) < 4.78 is 0. The molecule has 0 unspecified atom stereocenters. The molecule has 4 rings (SSSR count). The molecule has 0 spiro atoms. The number of nitrogens with zero attached hydrogens (tertiary/aromatic N) is 2. The minimum atomic E-state index is -1.22. The molecule has 0 atom stereocenters. The van der Waals surface area contributed by atoms with Gasteiger partial charge in [-0.15, -0.1) is 0 Å². The number of piperidine rings is 1. The van der Waals surface area contributed by atoms with E-state index in [-0.39, 0.29) is 36.5 Å². The second-order valence-corrected chi connectivity index (χ2v) is 9.94. The molecule has 8 heteroatoms. The van der Waals surface area contributed by atoms with E-state index in [0.717, 1.165) is 11.1 Å². The number of hydrogen-bond acceptors (Lipinski definition) is 4. The lowest BCUT2D eigenvalue weighted by molar-refractivity contribution is -0.135. The van der Waals surface area contributed by atoms with Crippen LogP contribution in [0.4, 0.5) is 11.4 Å². The van der Waals surface area contributed by atoms with Gasteiger partial charge < -0.3 is 15.5 Å². The van der Waals surface area contributed by atoms with E-state index >= 15 is 0 Å². The third-order valence-corrected chi connectivity index (χ3v) is 7.13. The molecule has 1 fully saturated rings. The number of anilines is 2. The standard InChI is InChI=1S/C31H34N4O4/c1-22-9-15-28(16-10-22)35(29(38)26-11-13-27(14-12-26)33-23(2)36)31(17-19-34(20-18-31)24(3)37)30(39)32-21-25-7-5-4-6-8-25/h4-16H,17-21H2,1-3H3,(H,32,39)(H,33,36). The van der Waals surface area contributed by atoms with Crippen LogP contribution in [-0.2, 0) is 20.9 Å². The van der Waals surface area contributed by atoms with Gasteiger partial charge in [0.25, 0.3) is 5.91 Å². The van der Waals surface area contributed by atoms with Gasteiger partial charge >= 0.3 is 0 Å². The van der Waals surface area contributed by atoms with Crippen LogP contribution in [0.25, 0.3) is 0 Å². The minimum Gasteiger partial charge on any atom is -0.350 e. The highest BCUT2D eigenvalue weighted by molar-refractivity contribution is 6.12. The number of carbonyl (C=O) groups is 4. The van der Waals surface area contributed by atoms with E-state index in [1.54, 1.807) is 34.1 Å². The van der Waals surface area contributed by atoms with Crippen molar-refractivity contribution in [2.24, 2.45) is 0 Å². The fourth-order valence-corrected chi connectivity index (χ4v) is 4.97. The van der Waals surface area contributed by atoms with Gasteiger partial charge in [0, 0.05) is 50.4 Å². The lowest BCUT2D eigenvalue weighted by Gasteiger charge is -2.47. The lowest BCUT2D eigenvalue weighted by Crippen LogP contribution is -2.65. The highest BCUT2D eigenvalue weighted by Crippen LogP contribution is 2.36. The molecule has 1 aliphatic heterocycles. The third kappa shape index (κ3) is 6.34. The Hall–Kier alpha value is -4.46. The van der Waals surface area contributed by atoms with Crippen molar-refractivity contribution in [1.29, 1.82) is 0 Å². The molecule has 8 nitrogen and oxygen atoms in total. The van der Waals surface area contributed by atoms with Gasteiger partial charge in [-0.3, -0.25) is 24.1 Å². The molecule has 39 heavy (non-hydrogen) atoms. The fourth-order valence-electron chi connectivity index (χ4n) is 4.97. The van der Waals surface area contributed by atoms with Crippen LogP contribution < -0.4 is 15.5 Å². The average Bonchev–Trinajstić information content (AvgIpc) is 2.93. The first-order chi connectivity index (χ1) is 18.7. The summed E-state index contributed by atoms with van der Waals surface area (Å²) >= 11 is 0. The van der Waals surface area contributed by atoms with Gasteiger partial charge in [0.2, 0.25) is 17.7 Å². The number of likely N-dealkylation sites (tertiary alicyclic amines) is 1. The zero-order valence-electron chi connectivity index (χ0n) is 22.6. The smallest absolute Gasteiger partial charge is 0.259 e. The maximum atomic E-state index is 14.2. The summed E-state index contributed by atoms with van der Waals surface area (Å²) in [5.41, 5.74) is 2.31. The van der Waals surface area contributed by atoms with Crippen LogP contribution in [0, 0.1) is 6.92 Å². The number of carbonyl (C=O) groups excluding carboxylic acids is 4. The maximum Gasteiger partial charge on any atom is 0.259 e. The van der Waals surface area contributed by atoms with Crippen molar-refractivity contribution in [2.45, 2.75) is 45.7 Å². The topological polar surface area (TPSA) is 98.8 Å². The Labute approximate surface area is 229 Å². The maximum absolute atomic E-state index is 14.2. The van der Waals surface area contributed by atoms with Crippen LogP contribution in [-0.4, -0.2) is 47.2 Å². The van der Waals surface area contributed by atoms with Crippen LogP contribution in [0.3, 0.4) is 0 Å². The van der Waals surface area contributed by atoms with Crippen molar-refractivity contribution in [1.82, 2.24) is 10.2 Å². The van der Waals surface area contributed by atoms with Crippen LogP contribution in [0.15, 0.2) is 78.9 Å². The summed E-state index contributed by atoms with van der Waals surface area (Å²) in [4.78, 5) is 55.3. The molecule has 1 saturated heterocycles. The van der Waals surface area contributed by atoms with Gasteiger partial charge in [0.05, 0.1) is 0 Å². The van der Waals surface area contributed by atoms with Gasteiger partial charge in [-0.05, 0) is 61.7 Å². The van der Waals surface area contributed by atoms with Crippen molar-refractivity contribution in [3.05, 3.63) is 95.6 Å². The lowest BCUT2D eigenvalue weighted by atomic mass is 9.83. The number of benzene rings is 3. The van der Waals surface area contributed by atoms with Crippen molar-refractivity contribution in [3.8, 4) is 0 Å². The van der Waals surface area contributed by atoms with E-state index in [2.05, 4.69) is 10.6 Å². The number of rotatable bonds is 7. The Balaban J connectivity index is 1.75. The fraction of sp³-hybridized carbons (Fsp3) is 0.290. The molecule has 0 aliphatic carbocycles. The molecule has 3 aromatic rings. The first-order valence-electron chi connectivity index (χ1n) is 13.1. The Bertz CT molecular complexity index is 1330. The van der Waals surface area contributed by atoms with E-state index in [9.17, 15) is 19.2 Å². The summed E-state index contributed by atoms with van der Waals surface area (Å²) in [6, 6.07) is 23.8. The van der Waals surface area contributed by atoms with E-state index in [0.29, 0.717) is 36.6 Å². The first-order valence-corrected chi connectivity index (χ1v) is 13.1. The van der Waals surface area contributed by atoms with Crippen LogP contribution in [0.2, 0.25) is 0 Å². The average molecular weight is 527 g/mol. The molecule has 1 heterocycles. The number of hydrogen-bond donors (Lipinski definition) is 2. The Morgan fingerprint density at radius 3 is 2.03 bits per heavy atom. The largest absolute Gasteiger partial charge is 0.350 e. The third-order valence-electron chi connectivity index (χ3n) is 7.13. The highest BCUT2D eigenvalue weighted by atomic mass is 16.2. The molecule has 202 valence electrons. The van der Waals surface area contributed by atoms with Crippen molar-refractivity contribution < 1.29 is 19.2 Å². The van der Waals surface area contributed by atoms with Crippen LogP contribution >= 0.6 is 0 Å². The number of amides is 4. The van der Waals surface area contributed by atoms with Crippen molar-refractivity contribution in [3.63, 3.8) is 0 Å². The summed E-state index contributed by atoms with van der Waals surface area (Å²) in [5.74, 6) is -0.866. The zero-order chi connectivity index (χ0) is 28.0. The molecule has 1 aliphatic rings. The van der Waals surface area contributed by atoms with Gasteiger partial charge in [0.1, 0.15) is 5.54 Å². The normalized spacial score (nSPS) is 14.3. The van der Waals surface area contributed by atoms with E-state index in [1.165, 1.54) is 13.8 Å². The van der Waals surface area contributed by atoms with Gasteiger partial charge in [-0.2, -0.15) is 0 Å². The number of aryl methyl sites for hydroxylation is 1. The molecule has 0 bridgehead atoms. The van der Waals surface area contributed by atoms with E-state index < -0.39 is 5.54 Å².